The maximum atomic E-state index is 12.5. The van der Waals surface area contributed by atoms with Crippen LogP contribution in [0, 0.1) is 0 Å². The Kier molecular flexibility index (Phi) is 4.67. The Morgan fingerprint density at radius 2 is 2.10 bits per heavy atom. The molecule has 1 saturated carbocycles. The molecule has 1 aromatic rings. The van der Waals surface area contributed by atoms with E-state index >= 15 is 0 Å². The van der Waals surface area contributed by atoms with E-state index in [9.17, 15) is 8.42 Å². The topological polar surface area (TPSA) is 58.6 Å². The number of hydrogen-bond acceptors (Lipinski definition) is 4. The third-order valence-corrected chi connectivity index (χ3v) is 5.46. The summed E-state index contributed by atoms with van der Waals surface area (Å²) in [6.07, 6.45) is 1.91. The highest BCUT2D eigenvalue weighted by molar-refractivity contribution is 7.89. The molecule has 1 aromatic carbocycles. The average molecular weight is 298 g/mol. The quantitative estimate of drug-likeness (QED) is 0.830. The largest absolute Gasteiger partial charge is 0.496 e. The van der Waals surface area contributed by atoms with Gasteiger partial charge in [-0.3, -0.25) is 0 Å². The Bertz CT molecular complexity index is 568. The molecule has 0 heterocycles. The monoisotopic (exact) mass is 298 g/mol. The van der Waals surface area contributed by atoms with E-state index in [1.807, 2.05) is 6.92 Å². The summed E-state index contributed by atoms with van der Waals surface area (Å²) in [6, 6.07) is 5.21. The van der Waals surface area contributed by atoms with Crippen LogP contribution in [0.3, 0.4) is 0 Å². The van der Waals surface area contributed by atoms with Crippen molar-refractivity contribution in [2.24, 2.45) is 0 Å². The summed E-state index contributed by atoms with van der Waals surface area (Å²) in [6.45, 7) is 3.42. The molecule has 20 heavy (non-hydrogen) atoms. The van der Waals surface area contributed by atoms with Gasteiger partial charge < -0.3 is 10.1 Å². The fourth-order valence-corrected chi connectivity index (χ4v) is 3.58. The van der Waals surface area contributed by atoms with Crippen molar-refractivity contribution in [1.82, 2.24) is 9.62 Å². The summed E-state index contributed by atoms with van der Waals surface area (Å²) < 4.78 is 31.8. The second kappa shape index (κ2) is 6.11. The smallest absolute Gasteiger partial charge is 0.243 e. The first-order valence-corrected chi connectivity index (χ1v) is 8.30. The number of nitrogens with zero attached hydrogens (tertiary/aromatic N) is 1. The van der Waals surface area contributed by atoms with Crippen LogP contribution in [0.25, 0.3) is 0 Å². The standard InChI is InChI=1S/C14H22N2O3S/c1-4-15-10-11-9-13(7-8-14(11)19-3)20(17,18)16(2)12-5-6-12/h7-9,12,15H,4-6,10H2,1-3H3. The van der Waals surface area contributed by atoms with E-state index in [0.717, 1.165) is 24.9 Å². The number of nitrogens with one attached hydrogen (secondary N) is 1. The van der Waals surface area contributed by atoms with Crippen molar-refractivity contribution in [3.8, 4) is 5.75 Å². The molecule has 0 unspecified atom stereocenters. The van der Waals surface area contributed by atoms with Crippen molar-refractivity contribution in [2.75, 3.05) is 20.7 Å². The zero-order chi connectivity index (χ0) is 14.8. The summed E-state index contributed by atoms with van der Waals surface area (Å²) in [5.41, 5.74) is 0.861. The van der Waals surface area contributed by atoms with E-state index in [1.165, 1.54) is 4.31 Å². The van der Waals surface area contributed by atoms with Crippen molar-refractivity contribution in [2.45, 2.75) is 37.2 Å². The third kappa shape index (κ3) is 3.13. The van der Waals surface area contributed by atoms with E-state index in [1.54, 1.807) is 32.4 Å². The van der Waals surface area contributed by atoms with Gasteiger partial charge in [-0.2, -0.15) is 4.31 Å². The zero-order valence-electron chi connectivity index (χ0n) is 12.2. The molecule has 5 nitrogen and oxygen atoms in total. The van der Waals surface area contributed by atoms with Gasteiger partial charge in [0, 0.05) is 25.2 Å². The molecule has 0 aromatic heterocycles. The molecule has 0 radical (unpaired) electrons. The first-order valence-electron chi connectivity index (χ1n) is 6.86. The number of hydrogen-bond donors (Lipinski definition) is 1. The molecule has 0 bridgehead atoms. The highest BCUT2D eigenvalue weighted by atomic mass is 32.2. The Morgan fingerprint density at radius 1 is 1.40 bits per heavy atom. The van der Waals surface area contributed by atoms with Gasteiger partial charge in [0.25, 0.3) is 0 Å². The second-order valence-electron chi connectivity index (χ2n) is 5.01. The Balaban J connectivity index is 2.31. The van der Waals surface area contributed by atoms with Crippen molar-refractivity contribution in [3.05, 3.63) is 23.8 Å². The van der Waals surface area contributed by atoms with Gasteiger partial charge in [0.2, 0.25) is 10.0 Å². The number of methoxy groups -OCH3 is 1. The lowest BCUT2D eigenvalue weighted by molar-refractivity contribution is 0.407. The van der Waals surface area contributed by atoms with Crippen molar-refractivity contribution < 1.29 is 13.2 Å². The Labute approximate surface area is 121 Å². The molecule has 1 aliphatic rings. The van der Waals surface area contributed by atoms with Crippen LogP contribution in [0.4, 0.5) is 0 Å². The average Bonchev–Trinajstić information content (AvgIpc) is 3.28. The van der Waals surface area contributed by atoms with Crippen LogP contribution in [-0.4, -0.2) is 39.5 Å². The highest BCUT2D eigenvalue weighted by Crippen LogP contribution is 2.31. The zero-order valence-corrected chi connectivity index (χ0v) is 13.0. The van der Waals surface area contributed by atoms with Crippen LogP contribution in [0.2, 0.25) is 0 Å². The molecule has 0 saturated heterocycles. The van der Waals surface area contributed by atoms with Gasteiger partial charge in [0.15, 0.2) is 0 Å². The molecule has 0 amide bonds. The first kappa shape index (κ1) is 15.3. The van der Waals surface area contributed by atoms with Gasteiger partial charge in [-0.15, -0.1) is 0 Å². The fraction of sp³-hybridized carbons (Fsp3) is 0.571. The molecule has 2 rings (SSSR count). The van der Waals surface area contributed by atoms with E-state index in [0.29, 0.717) is 17.2 Å². The van der Waals surface area contributed by atoms with E-state index in [4.69, 9.17) is 4.74 Å². The number of rotatable bonds is 7. The van der Waals surface area contributed by atoms with Crippen molar-refractivity contribution >= 4 is 10.0 Å². The maximum absolute atomic E-state index is 12.5. The Hall–Kier alpha value is -1.11. The minimum atomic E-state index is -3.40. The van der Waals surface area contributed by atoms with Gasteiger partial charge >= 0.3 is 0 Å². The minimum Gasteiger partial charge on any atom is -0.496 e. The van der Waals surface area contributed by atoms with Crippen LogP contribution in [0.5, 0.6) is 5.75 Å². The number of ether oxygens (including phenoxy) is 1. The predicted octanol–water partition coefficient (Wildman–Crippen LogP) is 1.59. The van der Waals surface area contributed by atoms with Crippen LogP contribution in [0.15, 0.2) is 23.1 Å². The predicted molar refractivity (Wildman–Crippen MR) is 78.3 cm³/mol. The summed E-state index contributed by atoms with van der Waals surface area (Å²) >= 11 is 0. The fourth-order valence-electron chi connectivity index (χ4n) is 2.11. The van der Waals surface area contributed by atoms with Gasteiger partial charge in [0.05, 0.1) is 12.0 Å². The maximum Gasteiger partial charge on any atom is 0.243 e. The molecule has 0 spiro atoms. The van der Waals surface area contributed by atoms with E-state index in [-0.39, 0.29) is 6.04 Å². The second-order valence-corrected chi connectivity index (χ2v) is 7.00. The van der Waals surface area contributed by atoms with Crippen molar-refractivity contribution in [3.63, 3.8) is 0 Å². The molecule has 1 aliphatic carbocycles. The van der Waals surface area contributed by atoms with Crippen LogP contribution in [0.1, 0.15) is 25.3 Å². The van der Waals surface area contributed by atoms with Crippen LogP contribution in [-0.2, 0) is 16.6 Å². The SMILES string of the molecule is CCNCc1cc(S(=O)(=O)N(C)C2CC2)ccc1OC. The number of sulfonamides is 1. The van der Waals surface area contributed by atoms with Gasteiger partial charge in [-0.1, -0.05) is 6.92 Å². The minimum absolute atomic E-state index is 0.166. The summed E-state index contributed by atoms with van der Waals surface area (Å²) in [7, 11) is -0.152. The lowest BCUT2D eigenvalue weighted by Crippen LogP contribution is -2.29. The summed E-state index contributed by atoms with van der Waals surface area (Å²) in [5.74, 6) is 0.707. The molecule has 112 valence electrons. The molecule has 0 aliphatic heterocycles. The lowest BCUT2D eigenvalue weighted by atomic mass is 10.2. The summed E-state index contributed by atoms with van der Waals surface area (Å²) in [4.78, 5) is 0.334. The van der Waals surface area contributed by atoms with E-state index < -0.39 is 10.0 Å². The highest BCUT2D eigenvalue weighted by Gasteiger charge is 2.35. The molecular formula is C14H22N2O3S. The van der Waals surface area contributed by atoms with Crippen molar-refractivity contribution in [1.29, 1.82) is 0 Å². The summed E-state index contributed by atoms with van der Waals surface area (Å²) in [5, 5.41) is 3.19. The molecular weight excluding hydrogens is 276 g/mol. The van der Waals surface area contributed by atoms with E-state index in [2.05, 4.69) is 5.32 Å². The van der Waals surface area contributed by atoms with Crippen LogP contribution < -0.4 is 10.1 Å². The van der Waals surface area contributed by atoms with Gasteiger partial charge in [-0.25, -0.2) is 8.42 Å². The van der Waals surface area contributed by atoms with Gasteiger partial charge in [0.1, 0.15) is 5.75 Å². The first-order chi connectivity index (χ1) is 9.50. The molecule has 1 N–H and O–H groups in total. The molecule has 6 heteroatoms. The lowest BCUT2D eigenvalue weighted by Gasteiger charge is -2.18. The van der Waals surface area contributed by atoms with Gasteiger partial charge in [-0.05, 0) is 37.6 Å². The van der Waals surface area contributed by atoms with Crippen LogP contribution >= 0.6 is 0 Å². The normalized spacial score (nSPS) is 15.6. The molecule has 1 fully saturated rings. The Morgan fingerprint density at radius 3 is 2.65 bits per heavy atom. The molecule has 0 atom stereocenters. The third-order valence-electron chi connectivity index (χ3n) is 3.56. The number of benzene rings is 1.